The molecule has 1 aromatic carbocycles. The lowest BCUT2D eigenvalue weighted by atomic mass is 10.2. The summed E-state index contributed by atoms with van der Waals surface area (Å²) in [5, 5.41) is 1.31. The van der Waals surface area contributed by atoms with Crippen LogP contribution in [0.1, 0.15) is 24.1 Å². The molecule has 0 aliphatic heterocycles. The van der Waals surface area contributed by atoms with Crippen molar-refractivity contribution in [2.45, 2.75) is 20.8 Å². The Morgan fingerprint density at radius 2 is 1.74 bits per heavy atom. The summed E-state index contributed by atoms with van der Waals surface area (Å²) in [7, 11) is 2.04. The molecule has 1 aromatic heterocycles. The Bertz CT molecular complexity index is 634. The monoisotopic (exact) mass is 295 g/mol. The summed E-state index contributed by atoms with van der Waals surface area (Å²) in [5.74, 6) is 1.08. The molecule has 0 aliphatic rings. The van der Waals surface area contributed by atoms with Crippen LogP contribution in [-0.2, 0) is 7.05 Å². The fraction of sp³-hybridized carbons (Fsp3) is 0.267. The van der Waals surface area contributed by atoms with E-state index < -0.39 is 0 Å². The van der Waals surface area contributed by atoms with Crippen molar-refractivity contribution in [3.8, 4) is 5.69 Å². The second kappa shape index (κ2) is 5.40. The van der Waals surface area contributed by atoms with Crippen LogP contribution in [0.4, 0.5) is 0 Å². The van der Waals surface area contributed by atoms with Gasteiger partial charge in [-0.1, -0.05) is 35.3 Å². The van der Waals surface area contributed by atoms with Gasteiger partial charge in [0.15, 0.2) is 17.1 Å². The summed E-state index contributed by atoms with van der Waals surface area (Å²) < 4.78 is 4.23. The fourth-order valence-electron chi connectivity index (χ4n) is 2.35. The molecular weight excluding hydrogens is 279 g/mol. The molecule has 100 valence electrons. The van der Waals surface area contributed by atoms with Gasteiger partial charge in [0.25, 0.3) is 5.82 Å². The van der Waals surface area contributed by atoms with Gasteiger partial charge in [-0.25, -0.2) is 4.57 Å². The largest absolute Gasteiger partial charge is 0.259 e. The highest BCUT2D eigenvalue weighted by atomic mass is 35.5. The summed E-state index contributed by atoms with van der Waals surface area (Å²) in [5.41, 5.74) is 3.11. The summed E-state index contributed by atoms with van der Waals surface area (Å²) in [6.07, 6.45) is 4.11. The quantitative estimate of drug-likeness (QED) is 0.732. The summed E-state index contributed by atoms with van der Waals surface area (Å²) in [4.78, 5) is 0. The Balaban J connectivity index is 2.81. The van der Waals surface area contributed by atoms with Crippen molar-refractivity contribution >= 4 is 29.3 Å². The minimum Gasteiger partial charge on any atom is -0.230 e. The third-order valence-corrected chi connectivity index (χ3v) is 3.97. The summed E-state index contributed by atoms with van der Waals surface area (Å²) >= 11 is 12.6. The molecule has 2 rings (SSSR count). The zero-order valence-corrected chi connectivity index (χ0v) is 13.0. The molecular formula is C15H17Cl2N2+. The van der Waals surface area contributed by atoms with E-state index in [1.165, 1.54) is 0 Å². The van der Waals surface area contributed by atoms with Crippen LogP contribution in [0.15, 0.2) is 24.3 Å². The van der Waals surface area contributed by atoms with E-state index >= 15 is 0 Å². The van der Waals surface area contributed by atoms with Crippen molar-refractivity contribution in [1.82, 2.24) is 4.57 Å². The molecule has 4 heteroatoms. The van der Waals surface area contributed by atoms with E-state index in [0.29, 0.717) is 10.0 Å². The second-order valence-corrected chi connectivity index (χ2v) is 5.30. The van der Waals surface area contributed by atoms with Crippen molar-refractivity contribution in [3.05, 3.63) is 51.5 Å². The number of nitrogens with zero attached hydrogens (tertiary/aromatic N) is 2. The zero-order valence-electron chi connectivity index (χ0n) is 11.5. The first kappa shape index (κ1) is 14.2. The molecule has 1 heterocycles. The Morgan fingerprint density at radius 3 is 2.26 bits per heavy atom. The third kappa shape index (κ3) is 2.31. The lowest BCUT2D eigenvalue weighted by Crippen LogP contribution is -2.36. The Kier molecular flexibility index (Phi) is 4.02. The van der Waals surface area contributed by atoms with Crippen molar-refractivity contribution in [2.75, 3.05) is 0 Å². The van der Waals surface area contributed by atoms with Crippen LogP contribution in [0, 0.1) is 13.8 Å². The van der Waals surface area contributed by atoms with Gasteiger partial charge in [-0.2, -0.15) is 4.57 Å². The third-order valence-electron chi connectivity index (χ3n) is 3.36. The van der Waals surface area contributed by atoms with Crippen LogP contribution in [0.5, 0.6) is 0 Å². The molecule has 0 atom stereocenters. The lowest BCUT2D eigenvalue weighted by molar-refractivity contribution is -0.608. The van der Waals surface area contributed by atoms with Crippen molar-refractivity contribution in [2.24, 2.45) is 7.05 Å². The predicted octanol–water partition coefficient (Wildman–Crippen LogP) is 4.26. The van der Waals surface area contributed by atoms with Crippen molar-refractivity contribution < 1.29 is 4.57 Å². The molecule has 0 amide bonds. The molecule has 0 aliphatic carbocycles. The zero-order chi connectivity index (χ0) is 14.2. The summed E-state index contributed by atoms with van der Waals surface area (Å²) in [6, 6.07) is 5.57. The van der Waals surface area contributed by atoms with Crippen LogP contribution in [-0.4, -0.2) is 4.57 Å². The standard InChI is InChI=1S/C15H17Cl2N2/c1-5-7-14-10(2)19(11(3)18(14)4)15-12(16)8-6-9-13(15)17/h5-9H,1-4H3/q+1/b7-5-. The highest BCUT2D eigenvalue weighted by molar-refractivity contribution is 6.37. The van der Waals surface area contributed by atoms with Gasteiger partial charge < -0.3 is 0 Å². The van der Waals surface area contributed by atoms with E-state index in [-0.39, 0.29) is 0 Å². The molecule has 0 unspecified atom stereocenters. The maximum Gasteiger partial charge on any atom is 0.259 e. The maximum atomic E-state index is 6.31. The van der Waals surface area contributed by atoms with E-state index in [1.54, 1.807) is 0 Å². The topological polar surface area (TPSA) is 8.81 Å². The van der Waals surface area contributed by atoms with Crippen molar-refractivity contribution in [3.63, 3.8) is 0 Å². The SMILES string of the molecule is C/C=C\c1c(C)[n+](-c2c(Cl)cccc2Cl)c(C)n1C. The fourth-order valence-corrected chi connectivity index (χ4v) is 2.91. The van der Waals surface area contributed by atoms with Crippen molar-refractivity contribution in [1.29, 1.82) is 0 Å². The number of halogens is 2. The van der Waals surface area contributed by atoms with Crippen LogP contribution in [0.2, 0.25) is 10.0 Å². The van der Waals surface area contributed by atoms with Crippen LogP contribution < -0.4 is 4.57 Å². The normalized spacial score (nSPS) is 11.5. The highest BCUT2D eigenvalue weighted by Crippen LogP contribution is 2.26. The molecule has 0 spiro atoms. The van der Waals surface area contributed by atoms with E-state index in [0.717, 1.165) is 22.9 Å². The van der Waals surface area contributed by atoms with Gasteiger partial charge in [0.2, 0.25) is 0 Å². The maximum absolute atomic E-state index is 6.31. The van der Waals surface area contributed by atoms with E-state index in [1.807, 2.05) is 38.2 Å². The predicted molar refractivity (Wildman–Crippen MR) is 81.1 cm³/mol. The van der Waals surface area contributed by atoms with E-state index in [2.05, 4.69) is 29.1 Å². The molecule has 0 radical (unpaired) electrons. The number of para-hydroxylation sites is 1. The summed E-state index contributed by atoms with van der Waals surface area (Å²) in [6.45, 7) is 6.14. The Labute approximate surface area is 123 Å². The van der Waals surface area contributed by atoms with Crippen LogP contribution in [0.25, 0.3) is 11.8 Å². The second-order valence-electron chi connectivity index (χ2n) is 4.48. The number of imidazole rings is 1. The number of rotatable bonds is 2. The van der Waals surface area contributed by atoms with Gasteiger partial charge in [-0.15, -0.1) is 0 Å². The van der Waals surface area contributed by atoms with Crippen LogP contribution in [0.3, 0.4) is 0 Å². The highest BCUT2D eigenvalue weighted by Gasteiger charge is 2.25. The molecule has 0 fully saturated rings. The molecule has 2 aromatic rings. The van der Waals surface area contributed by atoms with Crippen LogP contribution >= 0.6 is 23.2 Å². The number of hydrogen-bond donors (Lipinski definition) is 0. The number of aromatic nitrogens is 2. The van der Waals surface area contributed by atoms with Gasteiger partial charge in [-0.3, -0.25) is 0 Å². The molecule has 2 nitrogen and oxygen atoms in total. The molecule has 0 saturated heterocycles. The van der Waals surface area contributed by atoms with Gasteiger partial charge >= 0.3 is 0 Å². The number of hydrogen-bond acceptors (Lipinski definition) is 0. The lowest BCUT2D eigenvalue weighted by Gasteiger charge is -2.05. The number of allylic oxidation sites excluding steroid dienone is 1. The van der Waals surface area contributed by atoms with Gasteiger partial charge in [0.05, 0.1) is 17.1 Å². The Morgan fingerprint density at radius 1 is 1.16 bits per heavy atom. The minimum absolute atomic E-state index is 0.654. The first-order chi connectivity index (χ1) is 8.99. The minimum atomic E-state index is 0.654. The van der Waals surface area contributed by atoms with Gasteiger partial charge in [0, 0.05) is 13.8 Å². The molecule has 0 N–H and O–H groups in total. The Hall–Kier alpha value is -1.25. The van der Waals surface area contributed by atoms with Gasteiger partial charge in [-0.05, 0) is 25.1 Å². The molecule has 0 saturated carbocycles. The number of benzene rings is 1. The van der Waals surface area contributed by atoms with Gasteiger partial charge in [0.1, 0.15) is 0 Å². The molecule has 0 bridgehead atoms. The average Bonchev–Trinajstić information content (AvgIpc) is 2.56. The molecule has 19 heavy (non-hydrogen) atoms. The first-order valence-electron chi connectivity index (χ1n) is 6.14. The van der Waals surface area contributed by atoms with E-state index in [4.69, 9.17) is 23.2 Å². The smallest absolute Gasteiger partial charge is 0.230 e. The van der Waals surface area contributed by atoms with E-state index in [9.17, 15) is 0 Å². The first-order valence-corrected chi connectivity index (χ1v) is 6.89. The average molecular weight is 296 g/mol.